The first kappa shape index (κ1) is 39.3. The second kappa shape index (κ2) is 17.8. The molecule has 292 valence electrons. The number of amides is 7. The van der Waals surface area contributed by atoms with Crippen LogP contribution in [0.4, 0.5) is 0 Å². The number of thioether (sulfide) groups is 1. The predicted molar refractivity (Wildman–Crippen MR) is 206 cm³/mol. The van der Waals surface area contributed by atoms with Crippen LogP contribution in [0.15, 0.2) is 60.8 Å². The average Bonchev–Trinajstić information content (AvgIpc) is 3.89. The van der Waals surface area contributed by atoms with Crippen LogP contribution in [-0.2, 0) is 46.4 Å². The summed E-state index contributed by atoms with van der Waals surface area (Å²) in [4.78, 5) is 100. The minimum absolute atomic E-state index is 0.00175. The van der Waals surface area contributed by atoms with Crippen LogP contribution in [0.1, 0.15) is 49.7 Å². The second-order valence-corrected chi connectivity index (χ2v) is 15.4. The van der Waals surface area contributed by atoms with Crippen LogP contribution in [0, 0.1) is 5.92 Å². The summed E-state index contributed by atoms with van der Waals surface area (Å²) in [5.74, 6) is -4.09. The van der Waals surface area contributed by atoms with Gasteiger partial charge in [-0.05, 0) is 61.3 Å². The summed E-state index contributed by atoms with van der Waals surface area (Å²) in [7, 11) is 0. The van der Waals surface area contributed by atoms with Gasteiger partial charge in [-0.2, -0.15) is 11.8 Å². The lowest BCUT2D eigenvalue weighted by molar-refractivity contribution is -0.136. The number of para-hydroxylation sites is 1. The van der Waals surface area contributed by atoms with Gasteiger partial charge in [-0.25, -0.2) is 0 Å². The Hall–Kier alpha value is -5.38. The van der Waals surface area contributed by atoms with Gasteiger partial charge in [0.05, 0.1) is 12.5 Å². The van der Waals surface area contributed by atoms with Gasteiger partial charge in [0.1, 0.15) is 24.2 Å². The molecule has 3 aliphatic rings. The van der Waals surface area contributed by atoms with Crippen molar-refractivity contribution in [3.8, 4) is 0 Å². The Morgan fingerprint density at radius 1 is 0.764 bits per heavy atom. The summed E-state index contributed by atoms with van der Waals surface area (Å²) < 4.78 is 0. The summed E-state index contributed by atoms with van der Waals surface area (Å²) >= 11 is 1.48. The molecule has 3 fully saturated rings. The molecule has 4 bridgehead atoms. The molecule has 7 atom stereocenters. The van der Waals surface area contributed by atoms with Crippen molar-refractivity contribution in [2.75, 3.05) is 18.6 Å². The van der Waals surface area contributed by atoms with E-state index in [1.807, 2.05) is 60.9 Å². The standard InChI is InChI=1S/C39H48N8O7S/c1-55-16-15-29-38(53)44-28(12-14-33(40)48)37(52)46-31(18-23-20-41-27-10-6-5-9-25(23)27)39(54)45-30(17-22-7-3-2-4-8-22)36(51)42-21-34(49)47-24-11-13-32(47)26(19-24)35(50)43-29/h2-10,20,24,26,28-32,41H,11-19,21H2,1H3,(H2,40,48)(H,42,51)(H,43,50)(H,44,53)(H,45,54)(H,46,52)/t24-,26-,28+,29+,30+,31+,32+/m1/s1. The van der Waals surface area contributed by atoms with Gasteiger partial charge in [0, 0.05) is 48.4 Å². The fourth-order valence-corrected chi connectivity index (χ4v) is 8.45. The molecule has 55 heavy (non-hydrogen) atoms. The summed E-state index contributed by atoms with van der Waals surface area (Å²) in [5, 5.41) is 14.8. The van der Waals surface area contributed by atoms with Crippen molar-refractivity contribution in [1.82, 2.24) is 36.5 Å². The molecule has 0 unspecified atom stereocenters. The number of nitrogens with two attached hydrogens (primary N) is 1. The Morgan fingerprint density at radius 2 is 1.40 bits per heavy atom. The number of nitrogens with zero attached hydrogens (tertiary/aromatic N) is 1. The number of benzene rings is 2. The zero-order valence-corrected chi connectivity index (χ0v) is 31.5. The van der Waals surface area contributed by atoms with Crippen LogP contribution >= 0.6 is 11.8 Å². The van der Waals surface area contributed by atoms with Crippen molar-refractivity contribution in [3.05, 3.63) is 71.9 Å². The average molecular weight is 773 g/mol. The van der Waals surface area contributed by atoms with Gasteiger partial charge in [-0.15, -0.1) is 0 Å². The lowest BCUT2D eigenvalue weighted by atomic mass is 9.88. The van der Waals surface area contributed by atoms with E-state index in [0.717, 1.165) is 16.5 Å². The summed E-state index contributed by atoms with van der Waals surface area (Å²) in [6.45, 7) is -0.336. The largest absolute Gasteiger partial charge is 0.370 e. The first-order valence-electron chi connectivity index (χ1n) is 18.7. The second-order valence-electron chi connectivity index (χ2n) is 14.4. The maximum absolute atomic E-state index is 14.3. The Bertz CT molecular complexity index is 1920. The minimum atomic E-state index is -1.30. The lowest BCUT2D eigenvalue weighted by Gasteiger charge is -2.27. The molecule has 4 heterocycles. The minimum Gasteiger partial charge on any atom is -0.370 e. The number of carbonyl (C=O) groups excluding carboxylic acids is 7. The van der Waals surface area contributed by atoms with Gasteiger partial charge in [0.2, 0.25) is 41.4 Å². The first-order valence-corrected chi connectivity index (χ1v) is 20.1. The number of rotatable bonds is 10. The van der Waals surface area contributed by atoms with E-state index < -0.39 is 65.7 Å². The molecule has 3 aliphatic heterocycles. The van der Waals surface area contributed by atoms with Crippen LogP contribution < -0.4 is 32.3 Å². The summed E-state index contributed by atoms with van der Waals surface area (Å²) in [6, 6.07) is 11.2. The van der Waals surface area contributed by atoms with Gasteiger partial charge in [0.15, 0.2) is 0 Å². The highest BCUT2D eigenvalue weighted by molar-refractivity contribution is 7.98. The van der Waals surface area contributed by atoms with Crippen molar-refractivity contribution in [1.29, 1.82) is 0 Å². The molecule has 1 aromatic heterocycles. The van der Waals surface area contributed by atoms with Crippen molar-refractivity contribution >= 4 is 64.0 Å². The molecule has 7 amide bonds. The monoisotopic (exact) mass is 772 g/mol. The van der Waals surface area contributed by atoms with E-state index in [4.69, 9.17) is 5.73 Å². The van der Waals surface area contributed by atoms with Crippen LogP contribution in [0.3, 0.4) is 0 Å². The molecular formula is C39H48N8O7S. The van der Waals surface area contributed by atoms with E-state index in [0.29, 0.717) is 30.6 Å². The smallest absolute Gasteiger partial charge is 0.243 e. The maximum atomic E-state index is 14.3. The van der Waals surface area contributed by atoms with Gasteiger partial charge in [-0.3, -0.25) is 33.6 Å². The van der Waals surface area contributed by atoms with E-state index in [-0.39, 0.29) is 56.5 Å². The van der Waals surface area contributed by atoms with E-state index in [9.17, 15) is 33.6 Å². The molecule has 3 aromatic rings. The summed E-state index contributed by atoms with van der Waals surface area (Å²) in [6.07, 6.45) is 5.28. The zero-order valence-electron chi connectivity index (χ0n) is 30.7. The number of hydrogen-bond donors (Lipinski definition) is 7. The molecule has 15 nitrogen and oxygen atoms in total. The topological polar surface area (TPSA) is 225 Å². The number of aromatic nitrogens is 1. The van der Waals surface area contributed by atoms with Crippen LogP contribution in [0.2, 0.25) is 0 Å². The Labute approximate surface area is 323 Å². The van der Waals surface area contributed by atoms with Gasteiger partial charge in [-0.1, -0.05) is 48.5 Å². The Kier molecular flexibility index (Phi) is 12.8. The molecule has 0 saturated carbocycles. The van der Waals surface area contributed by atoms with Crippen molar-refractivity contribution < 1.29 is 33.6 Å². The normalized spacial score (nSPS) is 26.6. The van der Waals surface area contributed by atoms with E-state index in [1.54, 1.807) is 11.1 Å². The van der Waals surface area contributed by atoms with E-state index >= 15 is 0 Å². The molecule has 0 aliphatic carbocycles. The number of H-pyrrole nitrogens is 1. The van der Waals surface area contributed by atoms with E-state index in [2.05, 4.69) is 31.6 Å². The Balaban J connectivity index is 1.35. The third kappa shape index (κ3) is 9.47. The third-order valence-electron chi connectivity index (χ3n) is 10.8. The molecule has 3 saturated heterocycles. The zero-order chi connectivity index (χ0) is 39.1. The quantitative estimate of drug-likeness (QED) is 0.153. The molecule has 0 spiro atoms. The fraction of sp³-hybridized carbons (Fsp3) is 0.462. The molecule has 2 aromatic carbocycles. The SMILES string of the molecule is CSCC[C@@H]1NC(=O)[C@@H]2C[C@H]3CC[C@@H]2N3C(=O)CNC(=O)[C@H](Cc2ccccc2)NC(=O)[C@H](Cc2c[nH]c3ccccc23)NC(=O)[C@H](CCC(N)=O)NC1=O. The molecule has 16 heteroatoms. The highest BCUT2D eigenvalue weighted by atomic mass is 32.2. The number of carbonyl (C=O) groups is 7. The molecule has 8 N–H and O–H groups in total. The Morgan fingerprint density at radius 3 is 2.13 bits per heavy atom. The number of hydrogen-bond acceptors (Lipinski definition) is 8. The molecular weight excluding hydrogens is 725 g/mol. The molecule has 6 rings (SSSR count). The molecule has 0 radical (unpaired) electrons. The fourth-order valence-electron chi connectivity index (χ4n) is 7.98. The number of fused-ring (bicyclic) bond motifs is 1. The van der Waals surface area contributed by atoms with Crippen LogP contribution in [0.25, 0.3) is 10.9 Å². The number of nitrogens with one attached hydrogen (secondary N) is 6. The van der Waals surface area contributed by atoms with E-state index in [1.165, 1.54) is 11.8 Å². The predicted octanol–water partition coefficient (Wildman–Crippen LogP) is 0.420. The van der Waals surface area contributed by atoms with Crippen molar-refractivity contribution in [2.24, 2.45) is 11.7 Å². The first-order chi connectivity index (χ1) is 26.5. The van der Waals surface area contributed by atoms with Crippen molar-refractivity contribution in [3.63, 3.8) is 0 Å². The maximum Gasteiger partial charge on any atom is 0.243 e. The van der Waals surface area contributed by atoms with Crippen LogP contribution in [0.5, 0.6) is 0 Å². The highest BCUT2D eigenvalue weighted by Gasteiger charge is 2.51. The lowest BCUT2D eigenvalue weighted by Crippen LogP contribution is -2.59. The highest BCUT2D eigenvalue weighted by Crippen LogP contribution is 2.42. The van der Waals surface area contributed by atoms with Gasteiger partial charge < -0.3 is 42.2 Å². The number of primary amides is 1. The number of aromatic amines is 1. The van der Waals surface area contributed by atoms with Crippen molar-refractivity contribution in [2.45, 2.75) is 87.6 Å². The van der Waals surface area contributed by atoms with Gasteiger partial charge >= 0.3 is 0 Å². The van der Waals surface area contributed by atoms with Gasteiger partial charge in [0.25, 0.3) is 0 Å². The third-order valence-corrected chi connectivity index (χ3v) is 11.4. The van der Waals surface area contributed by atoms with Crippen LogP contribution in [-0.4, -0.2) is 106 Å². The summed E-state index contributed by atoms with van der Waals surface area (Å²) in [5.41, 5.74) is 7.74.